The minimum atomic E-state index is -0.292. The van der Waals surface area contributed by atoms with E-state index in [0.717, 1.165) is 5.57 Å². The summed E-state index contributed by atoms with van der Waals surface area (Å²) in [6.45, 7) is 12.3. The first-order valence-corrected chi connectivity index (χ1v) is 4.22. The highest BCUT2D eigenvalue weighted by molar-refractivity contribution is 5.14. The van der Waals surface area contributed by atoms with Crippen molar-refractivity contribution in [3.05, 3.63) is 12.2 Å². The van der Waals surface area contributed by atoms with Crippen molar-refractivity contribution in [3.8, 4) is 0 Å². The molecule has 11 heavy (non-hydrogen) atoms. The molecular formula is C10H18O. The quantitative estimate of drug-likeness (QED) is 0.605. The smallest absolute Gasteiger partial charge is 0.0780 e. The summed E-state index contributed by atoms with van der Waals surface area (Å²) in [5.74, 6) is 1.06. The Kier molecular flexibility index (Phi) is 1.87. The fourth-order valence-electron chi connectivity index (χ4n) is 1.93. The normalized spacial score (nSPS) is 36.5. The van der Waals surface area contributed by atoms with Crippen molar-refractivity contribution in [1.82, 2.24) is 0 Å². The second kappa shape index (κ2) is 2.34. The van der Waals surface area contributed by atoms with E-state index in [9.17, 15) is 5.11 Å². The zero-order valence-electron chi connectivity index (χ0n) is 7.89. The van der Waals surface area contributed by atoms with Gasteiger partial charge in [0.25, 0.3) is 0 Å². The lowest BCUT2D eigenvalue weighted by atomic mass is 10.0. The summed E-state index contributed by atoms with van der Waals surface area (Å²) in [7, 11) is 0. The van der Waals surface area contributed by atoms with Gasteiger partial charge in [0.2, 0.25) is 0 Å². The van der Waals surface area contributed by atoms with Crippen LogP contribution in [0, 0.1) is 17.3 Å². The van der Waals surface area contributed by atoms with Crippen LogP contribution in [0.15, 0.2) is 12.2 Å². The Bertz CT molecular complexity index is 181. The minimum absolute atomic E-state index is 0.292. The Morgan fingerprint density at radius 2 is 1.91 bits per heavy atom. The third-order valence-corrected chi connectivity index (χ3v) is 3.31. The lowest BCUT2D eigenvalue weighted by Gasteiger charge is -2.10. The lowest BCUT2D eigenvalue weighted by molar-refractivity contribution is 0.169. The van der Waals surface area contributed by atoms with Gasteiger partial charge in [-0.1, -0.05) is 32.9 Å². The van der Waals surface area contributed by atoms with Gasteiger partial charge in [0.1, 0.15) is 0 Å². The van der Waals surface area contributed by atoms with Gasteiger partial charge in [-0.15, -0.1) is 0 Å². The van der Waals surface area contributed by atoms with Gasteiger partial charge in [-0.25, -0.2) is 0 Å². The zero-order valence-corrected chi connectivity index (χ0v) is 7.89. The van der Waals surface area contributed by atoms with Gasteiger partial charge in [0.15, 0.2) is 0 Å². The molecule has 0 radical (unpaired) electrons. The summed E-state index contributed by atoms with van der Waals surface area (Å²) in [4.78, 5) is 0. The predicted octanol–water partition coefficient (Wildman–Crippen LogP) is 2.22. The van der Waals surface area contributed by atoms with Crippen LogP contribution in [-0.2, 0) is 0 Å². The van der Waals surface area contributed by atoms with Crippen LogP contribution >= 0.6 is 0 Å². The largest absolute Gasteiger partial charge is 0.388 e. The number of hydrogen-bond acceptors (Lipinski definition) is 1. The predicted molar refractivity (Wildman–Crippen MR) is 47.3 cm³/mol. The molecular weight excluding hydrogens is 136 g/mol. The third-order valence-electron chi connectivity index (χ3n) is 3.31. The third kappa shape index (κ3) is 1.22. The Labute approximate surface area is 69.1 Å². The van der Waals surface area contributed by atoms with Crippen molar-refractivity contribution in [3.63, 3.8) is 0 Å². The number of hydrogen-bond donors (Lipinski definition) is 1. The van der Waals surface area contributed by atoms with Gasteiger partial charge in [0.05, 0.1) is 6.10 Å². The van der Waals surface area contributed by atoms with Crippen LogP contribution in [0.5, 0.6) is 0 Å². The molecule has 1 aliphatic carbocycles. The molecule has 0 aliphatic heterocycles. The van der Waals surface area contributed by atoms with Crippen molar-refractivity contribution >= 4 is 0 Å². The molecule has 1 fully saturated rings. The molecule has 0 amide bonds. The molecule has 64 valence electrons. The average molecular weight is 154 g/mol. The standard InChI is InChI=1S/C10H18O/c1-6(2)9(11)8-7(3)10(8,4)5/h7-9,11H,1H2,2-5H3. The van der Waals surface area contributed by atoms with Crippen LogP contribution in [0.25, 0.3) is 0 Å². The SMILES string of the molecule is C=C(C)C(O)C1C(C)C1(C)C. The summed E-state index contributed by atoms with van der Waals surface area (Å²) in [6.07, 6.45) is -0.292. The Morgan fingerprint density at radius 3 is 2.00 bits per heavy atom. The fraction of sp³-hybridized carbons (Fsp3) is 0.800. The lowest BCUT2D eigenvalue weighted by Crippen LogP contribution is -2.13. The van der Waals surface area contributed by atoms with Gasteiger partial charge >= 0.3 is 0 Å². The summed E-state index contributed by atoms with van der Waals surface area (Å²) in [5.41, 5.74) is 1.21. The molecule has 3 atom stereocenters. The van der Waals surface area contributed by atoms with E-state index in [1.165, 1.54) is 0 Å². The first kappa shape index (κ1) is 8.79. The molecule has 0 bridgehead atoms. The zero-order chi connectivity index (χ0) is 8.81. The topological polar surface area (TPSA) is 20.2 Å². The molecule has 1 aliphatic rings. The van der Waals surface area contributed by atoms with E-state index >= 15 is 0 Å². The highest BCUT2D eigenvalue weighted by Gasteiger charge is 2.57. The van der Waals surface area contributed by atoms with Crippen LogP contribution in [0.4, 0.5) is 0 Å². The molecule has 1 nitrogen and oxygen atoms in total. The summed E-state index contributed by atoms with van der Waals surface area (Å²) in [6, 6.07) is 0. The summed E-state index contributed by atoms with van der Waals surface area (Å²) >= 11 is 0. The van der Waals surface area contributed by atoms with Crippen LogP contribution in [0.2, 0.25) is 0 Å². The van der Waals surface area contributed by atoms with Crippen LogP contribution in [-0.4, -0.2) is 11.2 Å². The molecule has 1 rings (SSSR count). The van der Waals surface area contributed by atoms with E-state index in [1.54, 1.807) is 0 Å². The molecule has 1 saturated carbocycles. The van der Waals surface area contributed by atoms with Crippen LogP contribution in [0.1, 0.15) is 27.7 Å². The van der Waals surface area contributed by atoms with Gasteiger partial charge in [-0.05, 0) is 24.2 Å². The number of aliphatic hydroxyl groups is 1. The first-order valence-electron chi connectivity index (χ1n) is 4.22. The second-order valence-electron chi connectivity index (χ2n) is 4.43. The number of aliphatic hydroxyl groups excluding tert-OH is 1. The Morgan fingerprint density at radius 1 is 1.55 bits per heavy atom. The van der Waals surface area contributed by atoms with E-state index in [1.807, 2.05) is 6.92 Å². The number of rotatable bonds is 2. The highest BCUT2D eigenvalue weighted by Crippen LogP contribution is 2.60. The molecule has 0 spiro atoms. The Hall–Kier alpha value is -0.300. The molecule has 3 unspecified atom stereocenters. The molecule has 0 heterocycles. The second-order valence-corrected chi connectivity index (χ2v) is 4.43. The van der Waals surface area contributed by atoms with E-state index in [4.69, 9.17) is 0 Å². The van der Waals surface area contributed by atoms with E-state index in [0.29, 0.717) is 17.3 Å². The first-order chi connectivity index (χ1) is 4.89. The summed E-state index contributed by atoms with van der Waals surface area (Å²) in [5, 5.41) is 9.67. The van der Waals surface area contributed by atoms with Gasteiger partial charge in [-0.3, -0.25) is 0 Å². The monoisotopic (exact) mass is 154 g/mol. The maximum Gasteiger partial charge on any atom is 0.0780 e. The Balaban J connectivity index is 2.60. The van der Waals surface area contributed by atoms with Crippen molar-refractivity contribution < 1.29 is 5.11 Å². The molecule has 0 aromatic carbocycles. The van der Waals surface area contributed by atoms with Crippen molar-refractivity contribution in [1.29, 1.82) is 0 Å². The molecule has 1 heteroatoms. The highest BCUT2D eigenvalue weighted by atomic mass is 16.3. The average Bonchev–Trinajstić information content (AvgIpc) is 2.32. The van der Waals surface area contributed by atoms with Crippen molar-refractivity contribution in [2.45, 2.75) is 33.8 Å². The molecule has 1 N–H and O–H groups in total. The molecule has 0 aromatic heterocycles. The molecule has 0 saturated heterocycles. The van der Waals surface area contributed by atoms with Crippen molar-refractivity contribution in [2.75, 3.05) is 0 Å². The summed E-state index contributed by atoms with van der Waals surface area (Å²) < 4.78 is 0. The van der Waals surface area contributed by atoms with E-state index < -0.39 is 0 Å². The van der Waals surface area contributed by atoms with Crippen LogP contribution < -0.4 is 0 Å². The minimum Gasteiger partial charge on any atom is -0.388 e. The molecule has 0 aromatic rings. The van der Waals surface area contributed by atoms with E-state index in [2.05, 4.69) is 27.4 Å². The fourth-order valence-corrected chi connectivity index (χ4v) is 1.93. The maximum absolute atomic E-state index is 9.67. The van der Waals surface area contributed by atoms with Crippen LogP contribution in [0.3, 0.4) is 0 Å². The van der Waals surface area contributed by atoms with Gasteiger partial charge < -0.3 is 5.11 Å². The van der Waals surface area contributed by atoms with Crippen molar-refractivity contribution in [2.24, 2.45) is 17.3 Å². The maximum atomic E-state index is 9.67. The van der Waals surface area contributed by atoms with Gasteiger partial charge in [0, 0.05) is 0 Å². The van der Waals surface area contributed by atoms with Gasteiger partial charge in [-0.2, -0.15) is 0 Å². The van der Waals surface area contributed by atoms with E-state index in [-0.39, 0.29) is 6.10 Å².